The molecule has 21 heavy (non-hydrogen) atoms. The van der Waals surface area contributed by atoms with Crippen LogP contribution in [-0.2, 0) is 11.3 Å². The Bertz CT molecular complexity index is 435. The number of hydrogen-bond acceptors (Lipinski definition) is 5. The Kier molecular flexibility index (Phi) is 5.49. The Hall–Kier alpha value is -0.650. The molecule has 0 radical (unpaired) electrons. The lowest BCUT2D eigenvalue weighted by Crippen LogP contribution is -2.46. The van der Waals surface area contributed by atoms with E-state index in [9.17, 15) is 0 Å². The fourth-order valence-electron chi connectivity index (χ4n) is 3.76. The average molecular weight is 309 g/mol. The van der Waals surface area contributed by atoms with Crippen LogP contribution >= 0.6 is 11.3 Å². The molecule has 0 spiro atoms. The summed E-state index contributed by atoms with van der Waals surface area (Å²) < 4.78 is 5.06. The van der Waals surface area contributed by atoms with Crippen molar-refractivity contribution in [3.63, 3.8) is 0 Å². The molecule has 1 aromatic heterocycles. The quantitative estimate of drug-likeness (QED) is 0.820. The monoisotopic (exact) mass is 309 g/mol. The first-order valence-electron chi connectivity index (χ1n) is 8.29. The standard InChI is InChI=1S/C16H27N3OS/c1-20-10-8-17-11-14-12-18-16(21-14)19-9-4-6-13-5-2-3-7-15(13)19/h12-13,15,17H,2-11H2,1H3/t13-,15-/m1/s1. The molecule has 1 saturated heterocycles. The van der Waals surface area contributed by atoms with Gasteiger partial charge in [-0.2, -0.15) is 0 Å². The molecular formula is C16H27N3OS. The van der Waals surface area contributed by atoms with Crippen LogP contribution in [0.25, 0.3) is 0 Å². The van der Waals surface area contributed by atoms with Gasteiger partial charge in [-0.15, -0.1) is 11.3 Å². The largest absolute Gasteiger partial charge is 0.383 e. The number of fused-ring (bicyclic) bond motifs is 1. The predicted octanol–water partition coefficient (Wildman–Crippen LogP) is 3.04. The fraction of sp³-hybridized carbons (Fsp3) is 0.812. The van der Waals surface area contributed by atoms with Gasteiger partial charge in [0.1, 0.15) is 0 Å². The smallest absolute Gasteiger partial charge is 0.185 e. The molecule has 0 unspecified atom stereocenters. The van der Waals surface area contributed by atoms with Crippen molar-refractivity contribution < 1.29 is 4.74 Å². The number of piperidine rings is 1. The van der Waals surface area contributed by atoms with Gasteiger partial charge in [0.15, 0.2) is 5.13 Å². The molecule has 1 saturated carbocycles. The molecule has 3 rings (SSSR count). The first-order valence-corrected chi connectivity index (χ1v) is 9.11. The van der Waals surface area contributed by atoms with E-state index in [0.29, 0.717) is 0 Å². The van der Waals surface area contributed by atoms with Crippen LogP contribution in [0.2, 0.25) is 0 Å². The van der Waals surface area contributed by atoms with Crippen molar-refractivity contribution in [2.45, 2.75) is 51.1 Å². The van der Waals surface area contributed by atoms with Gasteiger partial charge in [0.25, 0.3) is 0 Å². The number of rotatable bonds is 6. The minimum Gasteiger partial charge on any atom is -0.383 e. The van der Waals surface area contributed by atoms with Crippen LogP contribution in [0.4, 0.5) is 5.13 Å². The number of ether oxygens (including phenoxy) is 1. The molecule has 2 atom stereocenters. The topological polar surface area (TPSA) is 37.4 Å². The van der Waals surface area contributed by atoms with E-state index >= 15 is 0 Å². The van der Waals surface area contributed by atoms with E-state index in [-0.39, 0.29) is 0 Å². The highest BCUT2D eigenvalue weighted by Gasteiger charge is 2.34. The Morgan fingerprint density at radius 3 is 3.10 bits per heavy atom. The second-order valence-corrected chi connectivity index (χ2v) is 7.32. The first-order chi connectivity index (χ1) is 10.4. The van der Waals surface area contributed by atoms with Crippen molar-refractivity contribution in [2.24, 2.45) is 5.92 Å². The van der Waals surface area contributed by atoms with Gasteiger partial charge >= 0.3 is 0 Å². The number of hydrogen-bond donors (Lipinski definition) is 1. The van der Waals surface area contributed by atoms with E-state index in [1.807, 2.05) is 17.5 Å². The first kappa shape index (κ1) is 15.3. The molecule has 0 aromatic carbocycles. The Balaban J connectivity index is 1.59. The van der Waals surface area contributed by atoms with Crippen LogP contribution < -0.4 is 10.2 Å². The summed E-state index contributed by atoms with van der Waals surface area (Å²) in [7, 11) is 1.74. The molecule has 1 N–H and O–H groups in total. The third kappa shape index (κ3) is 3.76. The van der Waals surface area contributed by atoms with Gasteiger partial charge in [-0.3, -0.25) is 0 Å². The zero-order valence-corrected chi connectivity index (χ0v) is 13.8. The van der Waals surface area contributed by atoms with Crippen LogP contribution in [0.3, 0.4) is 0 Å². The van der Waals surface area contributed by atoms with Gasteiger partial charge in [-0.05, 0) is 31.6 Å². The highest BCUT2D eigenvalue weighted by molar-refractivity contribution is 7.15. The van der Waals surface area contributed by atoms with Gasteiger partial charge < -0.3 is 15.0 Å². The van der Waals surface area contributed by atoms with Crippen LogP contribution in [0.15, 0.2) is 6.20 Å². The SMILES string of the molecule is COCCNCc1cnc(N2CCC[C@H]3CCCC[C@H]32)s1. The molecule has 4 nitrogen and oxygen atoms in total. The van der Waals surface area contributed by atoms with E-state index in [1.165, 1.54) is 55.1 Å². The lowest BCUT2D eigenvalue weighted by Gasteiger charge is -2.44. The predicted molar refractivity (Wildman–Crippen MR) is 88.0 cm³/mol. The number of anilines is 1. The molecule has 5 heteroatoms. The van der Waals surface area contributed by atoms with Gasteiger partial charge in [-0.25, -0.2) is 4.98 Å². The number of aromatic nitrogens is 1. The van der Waals surface area contributed by atoms with Crippen LogP contribution in [0.1, 0.15) is 43.4 Å². The van der Waals surface area contributed by atoms with E-state index in [1.54, 1.807) is 7.11 Å². The summed E-state index contributed by atoms with van der Waals surface area (Å²) >= 11 is 1.86. The van der Waals surface area contributed by atoms with Crippen molar-refractivity contribution in [1.82, 2.24) is 10.3 Å². The van der Waals surface area contributed by atoms with Gasteiger partial charge in [-0.1, -0.05) is 12.8 Å². The summed E-state index contributed by atoms with van der Waals surface area (Å²) in [6, 6.07) is 0.757. The van der Waals surface area contributed by atoms with Gasteiger partial charge in [0.05, 0.1) is 6.61 Å². The summed E-state index contributed by atoms with van der Waals surface area (Å²) in [5, 5.41) is 4.65. The summed E-state index contributed by atoms with van der Waals surface area (Å²) in [6.07, 6.45) is 10.4. The Morgan fingerprint density at radius 1 is 1.33 bits per heavy atom. The highest BCUT2D eigenvalue weighted by atomic mass is 32.1. The van der Waals surface area contributed by atoms with Crippen molar-refractivity contribution in [1.29, 1.82) is 0 Å². The van der Waals surface area contributed by atoms with E-state index < -0.39 is 0 Å². The van der Waals surface area contributed by atoms with E-state index in [0.717, 1.165) is 31.7 Å². The summed E-state index contributed by atoms with van der Waals surface area (Å²) in [6.45, 7) is 3.77. The van der Waals surface area contributed by atoms with E-state index in [4.69, 9.17) is 9.72 Å². The summed E-state index contributed by atoms with van der Waals surface area (Å²) in [5.41, 5.74) is 0. The molecule has 1 aliphatic carbocycles. The number of thiazole rings is 1. The molecule has 1 aromatic rings. The maximum atomic E-state index is 5.06. The second kappa shape index (κ2) is 7.56. The van der Waals surface area contributed by atoms with Crippen molar-refractivity contribution in [3.05, 3.63) is 11.1 Å². The third-order valence-electron chi connectivity index (χ3n) is 4.81. The highest BCUT2D eigenvalue weighted by Crippen LogP contribution is 2.38. The van der Waals surface area contributed by atoms with E-state index in [2.05, 4.69) is 10.2 Å². The van der Waals surface area contributed by atoms with Gasteiger partial charge in [0.2, 0.25) is 0 Å². The fourth-order valence-corrected chi connectivity index (χ4v) is 4.72. The molecule has 2 aliphatic rings. The molecule has 0 amide bonds. The molecule has 1 aliphatic heterocycles. The molecule has 2 fully saturated rings. The second-order valence-electron chi connectivity index (χ2n) is 6.23. The molecule has 2 heterocycles. The average Bonchev–Trinajstić information content (AvgIpc) is 3.00. The Labute approximate surface area is 131 Å². The minimum absolute atomic E-state index is 0.757. The third-order valence-corrected chi connectivity index (χ3v) is 5.85. The normalized spacial score (nSPS) is 25.9. The maximum absolute atomic E-state index is 5.06. The lowest BCUT2D eigenvalue weighted by atomic mass is 9.78. The minimum atomic E-state index is 0.757. The zero-order valence-electron chi connectivity index (χ0n) is 13.0. The van der Waals surface area contributed by atoms with Crippen molar-refractivity contribution in [3.8, 4) is 0 Å². The number of methoxy groups -OCH3 is 1. The molecular weight excluding hydrogens is 282 g/mol. The van der Waals surface area contributed by atoms with Crippen molar-refractivity contribution >= 4 is 16.5 Å². The van der Waals surface area contributed by atoms with Crippen LogP contribution in [0, 0.1) is 5.92 Å². The number of nitrogens with zero attached hydrogens (tertiary/aromatic N) is 2. The summed E-state index contributed by atoms with van der Waals surface area (Å²) in [5.74, 6) is 0.916. The molecule has 118 valence electrons. The van der Waals surface area contributed by atoms with Crippen LogP contribution in [-0.4, -0.2) is 37.8 Å². The lowest BCUT2D eigenvalue weighted by molar-refractivity contribution is 0.199. The maximum Gasteiger partial charge on any atom is 0.185 e. The zero-order chi connectivity index (χ0) is 14.5. The Morgan fingerprint density at radius 2 is 2.19 bits per heavy atom. The summed E-state index contributed by atoms with van der Waals surface area (Å²) in [4.78, 5) is 8.64. The molecule has 0 bridgehead atoms. The number of nitrogens with one attached hydrogen (secondary N) is 1. The van der Waals surface area contributed by atoms with Crippen LogP contribution in [0.5, 0.6) is 0 Å². The van der Waals surface area contributed by atoms with Gasteiger partial charge in [0, 0.05) is 43.9 Å². The van der Waals surface area contributed by atoms with Crippen molar-refractivity contribution in [2.75, 3.05) is 31.7 Å².